The molecule has 0 spiro atoms. The van der Waals surface area contributed by atoms with E-state index in [1.807, 2.05) is 54.6 Å². The summed E-state index contributed by atoms with van der Waals surface area (Å²) >= 11 is 8.73. The molecule has 0 saturated carbocycles. The molecule has 0 fully saturated rings. The van der Waals surface area contributed by atoms with Gasteiger partial charge in [0.05, 0.1) is 6.21 Å². The Bertz CT molecular complexity index is 1220. The number of fused-ring (bicyclic) bond motifs is 1. The van der Waals surface area contributed by atoms with Crippen molar-refractivity contribution in [1.82, 2.24) is 14.9 Å². The van der Waals surface area contributed by atoms with E-state index in [1.165, 1.54) is 4.68 Å². The summed E-state index contributed by atoms with van der Waals surface area (Å²) in [5.41, 5.74) is 0.600. The Morgan fingerprint density at radius 3 is 2.82 bits per heavy atom. The molecule has 1 aromatic heterocycles. The number of hydrogen-bond acceptors (Lipinski definition) is 5. The van der Waals surface area contributed by atoms with Crippen molar-refractivity contribution in [3.8, 4) is 11.5 Å². The first kappa shape index (κ1) is 18.4. The summed E-state index contributed by atoms with van der Waals surface area (Å²) in [4.78, 5) is 0. The number of nitrogens with one attached hydrogen (secondary N) is 1. The maximum absolute atomic E-state index is 10.3. The second-order valence-corrected chi connectivity index (χ2v) is 7.27. The third kappa shape index (κ3) is 3.83. The molecule has 1 heterocycles. The lowest BCUT2D eigenvalue weighted by molar-refractivity contribution is 0.290. The summed E-state index contributed by atoms with van der Waals surface area (Å²) in [6.45, 7) is 0.197. The van der Waals surface area contributed by atoms with Crippen molar-refractivity contribution in [2.75, 3.05) is 0 Å². The van der Waals surface area contributed by atoms with Crippen LogP contribution in [0.3, 0.4) is 0 Å². The van der Waals surface area contributed by atoms with E-state index in [0.717, 1.165) is 21.0 Å². The number of aromatic amines is 1. The normalized spacial score (nSPS) is 11.3. The average molecular weight is 455 g/mol. The lowest BCUT2D eigenvalue weighted by Crippen LogP contribution is -2.04. The maximum atomic E-state index is 10.3. The van der Waals surface area contributed by atoms with E-state index in [1.54, 1.807) is 12.3 Å². The largest absolute Gasteiger partial charge is 0.507 e. The van der Waals surface area contributed by atoms with Gasteiger partial charge in [-0.15, -0.1) is 0 Å². The van der Waals surface area contributed by atoms with Crippen molar-refractivity contribution in [2.45, 2.75) is 6.61 Å². The molecule has 4 rings (SSSR count). The fourth-order valence-electron chi connectivity index (χ4n) is 2.77. The first-order valence-corrected chi connectivity index (χ1v) is 9.62. The van der Waals surface area contributed by atoms with Gasteiger partial charge in [-0.05, 0) is 53.3 Å². The number of para-hydroxylation sites is 1. The summed E-state index contributed by atoms with van der Waals surface area (Å²) in [5, 5.41) is 23.5. The van der Waals surface area contributed by atoms with Crippen molar-refractivity contribution in [2.24, 2.45) is 5.10 Å². The Labute approximate surface area is 174 Å². The zero-order valence-corrected chi connectivity index (χ0v) is 16.9. The molecule has 3 aromatic carbocycles. The number of H-pyrrole nitrogens is 1. The van der Waals surface area contributed by atoms with Crippen LogP contribution in [0, 0.1) is 4.77 Å². The molecule has 0 aliphatic rings. The van der Waals surface area contributed by atoms with Crippen molar-refractivity contribution < 1.29 is 9.84 Å². The minimum absolute atomic E-state index is 0.135. The van der Waals surface area contributed by atoms with E-state index < -0.39 is 0 Å². The molecule has 0 aliphatic heterocycles. The van der Waals surface area contributed by atoms with Gasteiger partial charge in [0.15, 0.2) is 5.82 Å². The molecule has 8 heteroatoms. The SMILES string of the molecule is Oc1ccc2cc(Br)ccc2c1/C=N\n1c(COc2ccccc2)n[nH]c1=S. The number of hydrogen-bond donors (Lipinski definition) is 2. The molecule has 0 unspecified atom stereocenters. The van der Waals surface area contributed by atoms with Crippen LogP contribution < -0.4 is 4.74 Å². The molecule has 0 amide bonds. The number of benzene rings is 3. The van der Waals surface area contributed by atoms with Crippen LogP contribution in [0.1, 0.15) is 11.4 Å². The highest BCUT2D eigenvalue weighted by Gasteiger charge is 2.09. The van der Waals surface area contributed by atoms with E-state index in [2.05, 4.69) is 31.2 Å². The van der Waals surface area contributed by atoms with Crippen molar-refractivity contribution in [3.63, 3.8) is 0 Å². The molecule has 0 aliphatic carbocycles. The molecule has 2 N–H and O–H groups in total. The van der Waals surface area contributed by atoms with Crippen LogP contribution in [0.2, 0.25) is 0 Å². The van der Waals surface area contributed by atoms with Gasteiger partial charge in [0.2, 0.25) is 4.77 Å². The summed E-state index contributed by atoms with van der Waals surface area (Å²) in [6, 6.07) is 18.8. The second kappa shape index (κ2) is 7.95. The van der Waals surface area contributed by atoms with Gasteiger partial charge in [0.25, 0.3) is 0 Å². The predicted octanol–water partition coefficient (Wildman–Crippen LogP) is 5.02. The van der Waals surface area contributed by atoms with Crippen LogP contribution in [0.15, 0.2) is 70.2 Å². The van der Waals surface area contributed by atoms with E-state index in [9.17, 15) is 5.11 Å². The smallest absolute Gasteiger partial charge is 0.216 e. The van der Waals surface area contributed by atoms with Gasteiger partial charge in [0.1, 0.15) is 18.1 Å². The predicted molar refractivity (Wildman–Crippen MR) is 114 cm³/mol. The lowest BCUT2D eigenvalue weighted by Gasteiger charge is -2.07. The first-order chi connectivity index (χ1) is 13.6. The van der Waals surface area contributed by atoms with Gasteiger partial charge in [-0.3, -0.25) is 0 Å². The molecular formula is C20H15BrN4O2S. The highest BCUT2D eigenvalue weighted by molar-refractivity contribution is 9.10. The van der Waals surface area contributed by atoms with E-state index >= 15 is 0 Å². The third-order valence-electron chi connectivity index (χ3n) is 4.13. The molecular weight excluding hydrogens is 440 g/mol. The Morgan fingerprint density at radius 2 is 2.00 bits per heavy atom. The van der Waals surface area contributed by atoms with Crippen LogP contribution in [-0.2, 0) is 6.61 Å². The van der Waals surface area contributed by atoms with Crippen molar-refractivity contribution in [3.05, 3.63) is 81.3 Å². The fraction of sp³-hybridized carbons (Fsp3) is 0.0500. The van der Waals surface area contributed by atoms with E-state index in [0.29, 0.717) is 16.2 Å². The molecule has 0 saturated heterocycles. The Morgan fingerprint density at radius 1 is 1.18 bits per heavy atom. The van der Waals surface area contributed by atoms with Gasteiger partial charge in [-0.2, -0.15) is 14.9 Å². The zero-order valence-electron chi connectivity index (χ0n) is 14.5. The number of aromatic nitrogens is 3. The fourth-order valence-corrected chi connectivity index (χ4v) is 3.34. The quantitative estimate of drug-likeness (QED) is 0.327. The van der Waals surface area contributed by atoms with E-state index in [4.69, 9.17) is 17.0 Å². The monoisotopic (exact) mass is 454 g/mol. The maximum Gasteiger partial charge on any atom is 0.216 e. The Hall–Kier alpha value is -2.97. The first-order valence-electron chi connectivity index (χ1n) is 8.41. The van der Waals surface area contributed by atoms with Crippen molar-refractivity contribution >= 4 is 45.1 Å². The summed E-state index contributed by atoms with van der Waals surface area (Å²) in [6.07, 6.45) is 1.57. The summed E-state index contributed by atoms with van der Waals surface area (Å²) in [7, 11) is 0. The molecule has 0 bridgehead atoms. The topological polar surface area (TPSA) is 75.4 Å². The number of nitrogens with zero attached hydrogens (tertiary/aromatic N) is 3. The van der Waals surface area contributed by atoms with Gasteiger partial charge < -0.3 is 9.84 Å². The minimum Gasteiger partial charge on any atom is -0.507 e. The van der Waals surface area contributed by atoms with Crippen LogP contribution in [0.4, 0.5) is 0 Å². The highest BCUT2D eigenvalue weighted by atomic mass is 79.9. The zero-order chi connectivity index (χ0) is 19.5. The van der Waals surface area contributed by atoms with Crippen LogP contribution >= 0.6 is 28.1 Å². The number of ether oxygens (including phenoxy) is 1. The highest BCUT2D eigenvalue weighted by Crippen LogP contribution is 2.28. The summed E-state index contributed by atoms with van der Waals surface area (Å²) in [5.74, 6) is 1.38. The number of aromatic hydroxyl groups is 1. The number of halogens is 1. The van der Waals surface area contributed by atoms with Crippen LogP contribution in [0.25, 0.3) is 10.8 Å². The molecule has 6 nitrogen and oxygen atoms in total. The lowest BCUT2D eigenvalue weighted by atomic mass is 10.0. The van der Waals surface area contributed by atoms with Gasteiger partial charge in [-0.1, -0.05) is 46.3 Å². The van der Waals surface area contributed by atoms with Gasteiger partial charge in [0, 0.05) is 10.0 Å². The van der Waals surface area contributed by atoms with Crippen LogP contribution in [0.5, 0.6) is 11.5 Å². The molecule has 4 aromatic rings. The second-order valence-electron chi connectivity index (χ2n) is 5.97. The minimum atomic E-state index is 0.135. The van der Waals surface area contributed by atoms with Gasteiger partial charge >= 0.3 is 0 Å². The summed E-state index contributed by atoms with van der Waals surface area (Å²) < 4.78 is 8.51. The standard InChI is InChI=1S/C20H15BrN4O2S/c21-14-7-8-16-13(10-14)6-9-18(26)17(16)11-22-25-19(23-24-20(25)28)12-27-15-4-2-1-3-5-15/h1-11,26H,12H2,(H,24,28)/b22-11-. The molecule has 140 valence electrons. The molecule has 0 atom stereocenters. The Balaban J connectivity index is 1.66. The Kier molecular flexibility index (Phi) is 5.23. The molecule has 28 heavy (non-hydrogen) atoms. The number of phenolic OH excluding ortho intramolecular Hbond substituents is 1. The number of phenols is 1. The average Bonchev–Trinajstić information content (AvgIpc) is 3.06. The van der Waals surface area contributed by atoms with E-state index in [-0.39, 0.29) is 12.4 Å². The van der Waals surface area contributed by atoms with Crippen molar-refractivity contribution in [1.29, 1.82) is 0 Å². The number of rotatable bonds is 5. The van der Waals surface area contributed by atoms with Crippen LogP contribution in [-0.4, -0.2) is 26.2 Å². The van der Waals surface area contributed by atoms with Gasteiger partial charge in [-0.25, -0.2) is 5.10 Å². The molecule has 0 radical (unpaired) electrons. The third-order valence-corrected chi connectivity index (χ3v) is 4.89.